The van der Waals surface area contributed by atoms with Gasteiger partial charge in [-0.25, -0.2) is 4.99 Å². The number of nitrogens with one attached hydrogen (secondary N) is 2. The Kier molecular flexibility index (Phi) is 4.93. The fraction of sp³-hybridized carbons (Fsp3) is 0.250. The summed E-state index contributed by atoms with van der Waals surface area (Å²) in [6.45, 7) is 0.636. The number of rotatable bonds is 5. The lowest BCUT2D eigenvalue weighted by molar-refractivity contribution is 0.345. The molecule has 0 fully saturated rings. The molecule has 1 aromatic carbocycles. The highest BCUT2D eigenvalue weighted by Crippen LogP contribution is 2.18. The monoisotopic (exact) mass is 344 g/mol. The molecule has 0 spiro atoms. The molecule has 0 aliphatic carbocycles. The lowest BCUT2D eigenvalue weighted by Crippen LogP contribution is -2.33. The normalized spacial score (nSPS) is 18.1. The second-order valence-electron chi connectivity index (χ2n) is 3.82. The molecule has 0 amide bonds. The molecular weight excluding hydrogens is 332 g/mol. The largest absolute Gasteiger partial charge is 0.493 e. The topological polar surface area (TPSA) is 71.7 Å². The first-order valence-electron chi connectivity index (χ1n) is 5.70. The van der Waals surface area contributed by atoms with Crippen LogP contribution in [0.3, 0.4) is 0 Å². The fourth-order valence-electron chi connectivity index (χ4n) is 1.52. The Morgan fingerprint density at radius 1 is 1.42 bits per heavy atom. The predicted octanol–water partition coefficient (Wildman–Crippen LogP) is 2.20. The average Bonchev–Trinajstić information content (AvgIpc) is 2.42. The minimum atomic E-state index is -0.358. The van der Waals surface area contributed by atoms with E-state index in [1.54, 1.807) is 6.20 Å². The standard InChI is InChI=1S/C12H14BrClN4O/c13-5-6-19-9-3-1-8(2-4-9)17-11-10(15)7-16-12(14)18-11/h1-4,7,11,17H,5-6,15H2,(H,16,18). The van der Waals surface area contributed by atoms with Crippen molar-refractivity contribution in [2.45, 2.75) is 6.17 Å². The zero-order valence-corrected chi connectivity index (χ0v) is 12.4. The highest BCUT2D eigenvalue weighted by atomic mass is 79.9. The molecule has 0 saturated heterocycles. The van der Waals surface area contributed by atoms with E-state index in [0.29, 0.717) is 17.6 Å². The molecule has 1 atom stereocenters. The molecule has 0 aromatic heterocycles. The Labute approximate surface area is 125 Å². The highest BCUT2D eigenvalue weighted by Gasteiger charge is 2.14. The van der Waals surface area contributed by atoms with Crippen LogP contribution in [0.2, 0.25) is 0 Å². The Bertz CT molecular complexity index is 489. The van der Waals surface area contributed by atoms with Crippen LogP contribution >= 0.6 is 27.5 Å². The maximum absolute atomic E-state index is 5.83. The van der Waals surface area contributed by atoms with Crippen molar-refractivity contribution in [1.29, 1.82) is 0 Å². The number of anilines is 1. The third kappa shape index (κ3) is 4.04. The van der Waals surface area contributed by atoms with E-state index in [9.17, 15) is 0 Å². The summed E-state index contributed by atoms with van der Waals surface area (Å²) in [4.78, 5) is 4.16. The van der Waals surface area contributed by atoms with Gasteiger partial charge in [-0.05, 0) is 35.9 Å². The van der Waals surface area contributed by atoms with E-state index < -0.39 is 0 Å². The van der Waals surface area contributed by atoms with Crippen molar-refractivity contribution in [2.75, 3.05) is 17.3 Å². The summed E-state index contributed by atoms with van der Waals surface area (Å²) in [7, 11) is 0. The average molecular weight is 346 g/mol. The van der Waals surface area contributed by atoms with Crippen LogP contribution in [0.4, 0.5) is 5.69 Å². The molecular formula is C12H14BrClN4O. The summed E-state index contributed by atoms with van der Waals surface area (Å²) in [5, 5.41) is 7.03. The van der Waals surface area contributed by atoms with E-state index >= 15 is 0 Å². The summed E-state index contributed by atoms with van der Waals surface area (Å²) in [6.07, 6.45) is 1.27. The lowest BCUT2D eigenvalue weighted by atomic mass is 10.2. The third-order valence-electron chi connectivity index (χ3n) is 2.42. The van der Waals surface area contributed by atoms with Crippen molar-refractivity contribution in [1.82, 2.24) is 5.32 Å². The van der Waals surface area contributed by atoms with E-state index in [1.165, 1.54) is 0 Å². The fourth-order valence-corrected chi connectivity index (χ4v) is 1.84. The Morgan fingerprint density at radius 2 is 2.16 bits per heavy atom. The minimum Gasteiger partial charge on any atom is -0.493 e. The van der Waals surface area contributed by atoms with Crippen LogP contribution in [0.5, 0.6) is 5.75 Å². The maximum atomic E-state index is 5.83. The molecule has 0 bridgehead atoms. The Morgan fingerprint density at radius 3 is 2.84 bits per heavy atom. The van der Waals surface area contributed by atoms with Gasteiger partial charge in [0.05, 0.1) is 12.3 Å². The number of benzene rings is 1. The van der Waals surface area contributed by atoms with Crippen LogP contribution in [0.15, 0.2) is 41.2 Å². The van der Waals surface area contributed by atoms with Crippen LogP contribution in [0.25, 0.3) is 0 Å². The molecule has 19 heavy (non-hydrogen) atoms. The van der Waals surface area contributed by atoms with E-state index in [-0.39, 0.29) is 6.17 Å². The quantitative estimate of drug-likeness (QED) is 0.565. The van der Waals surface area contributed by atoms with Gasteiger partial charge in [0, 0.05) is 17.2 Å². The van der Waals surface area contributed by atoms with Crippen LogP contribution in [0, 0.1) is 0 Å². The lowest BCUT2D eigenvalue weighted by Gasteiger charge is -2.20. The van der Waals surface area contributed by atoms with Gasteiger partial charge in [0.1, 0.15) is 5.75 Å². The van der Waals surface area contributed by atoms with Gasteiger partial charge in [0.25, 0.3) is 0 Å². The van der Waals surface area contributed by atoms with Crippen LogP contribution in [-0.2, 0) is 0 Å². The van der Waals surface area contributed by atoms with Crippen LogP contribution in [-0.4, -0.2) is 23.4 Å². The zero-order chi connectivity index (χ0) is 13.7. The summed E-state index contributed by atoms with van der Waals surface area (Å²) in [6, 6.07) is 7.58. The molecule has 5 nitrogen and oxygen atoms in total. The zero-order valence-electron chi connectivity index (χ0n) is 10.1. The first-order valence-corrected chi connectivity index (χ1v) is 7.20. The molecule has 7 heteroatoms. The van der Waals surface area contributed by atoms with E-state index in [0.717, 1.165) is 16.8 Å². The van der Waals surface area contributed by atoms with Gasteiger partial charge in [0.2, 0.25) is 0 Å². The number of nitrogens with two attached hydrogens (primary N) is 1. The predicted molar refractivity (Wildman–Crippen MR) is 81.8 cm³/mol. The van der Waals surface area contributed by atoms with Gasteiger partial charge in [-0.2, -0.15) is 0 Å². The second kappa shape index (κ2) is 6.68. The molecule has 0 radical (unpaired) electrons. The van der Waals surface area contributed by atoms with Gasteiger partial charge in [-0.1, -0.05) is 15.9 Å². The minimum absolute atomic E-state index is 0.309. The number of hydrogen-bond acceptors (Lipinski definition) is 5. The molecule has 1 aliphatic heterocycles. The van der Waals surface area contributed by atoms with E-state index in [1.807, 2.05) is 24.3 Å². The second-order valence-corrected chi connectivity index (χ2v) is 4.97. The number of ether oxygens (including phenoxy) is 1. The van der Waals surface area contributed by atoms with E-state index in [2.05, 4.69) is 31.6 Å². The number of halogens is 2. The van der Waals surface area contributed by atoms with Crippen molar-refractivity contribution in [3.8, 4) is 5.75 Å². The SMILES string of the molecule is NC1=CNC(Cl)=NC1Nc1ccc(OCCBr)cc1. The molecule has 1 heterocycles. The summed E-state index contributed by atoms with van der Waals surface area (Å²) in [5.74, 6) is 0.820. The first kappa shape index (κ1) is 14.0. The number of nitrogens with zero attached hydrogens (tertiary/aromatic N) is 1. The molecule has 1 unspecified atom stereocenters. The molecule has 1 aromatic rings. The molecule has 0 saturated carbocycles. The first-order chi connectivity index (χ1) is 9.19. The Balaban J connectivity index is 1.99. The smallest absolute Gasteiger partial charge is 0.197 e. The molecule has 4 N–H and O–H groups in total. The van der Waals surface area contributed by atoms with Gasteiger partial charge < -0.3 is 21.1 Å². The third-order valence-corrected chi connectivity index (χ3v) is 2.95. The maximum Gasteiger partial charge on any atom is 0.197 e. The summed E-state index contributed by atoms with van der Waals surface area (Å²) in [5.41, 5.74) is 7.29. The van der Waals surface area contributed by atoms with Crippen molar-refractivity contribution in [2.24, 2.45) is 10.7 Å². The Hall–Kier alpha value is -1.40. The van der Waals surface area contributed by atoms with Crippen LogP contribution in [0.1, 0.15) is 0 Å². The number of hydrogen-bond donors (Lipinski definition) is 3. The summed E-state index contributed by atoms with van der Waals surface area (Å²) >= 11 is 9.11. The van der Waals surface area contributed by atoms with Gasteiger partial charge >= 0.3 is 0 Å². The summed E-state index contributed by atoms with van der Waals surface area (Å²) < 4.78 is 5.47. The number of amidine groups is 1. The molecule has 1 aliphatic rings. The highest BCUT2D eigenvalue weighted by molar-refractivity contribution is 9.09. The van der Waals surface area contributed by atoms with Crippen molar-refractivity contribution < 1.29 is 4.74 Å². The van der Waals surface area contributed by atoms with Crippen LogP contribution < -0.4 is 21.1 Å². The van der Waals surface area contributed by atoms with Gasteiger partial charge in [0.15, 0.2) is 11.5 Å². The van der Waals surface area contributed by atoms with Crippen molar-refractivity contribution in [3.05, 3.63) is 36.2 Å². The van der Waals surface area contributed by atoms with Crippen molar-refractivity contribution in [3.63, 3.8) is 0 Å². The number of alkyl halides is 1. The molecule has 2 rings (SSSR count). The van der Waals surface area contributed by atoms with Crippen molar-refractivity contribution >= 4 is 38.5 Å². The van der Waals surface area contributed by atoms with Gasteiger partial charge in [-0.15, -0.1) is 0 Å². The molecule has 102 valence electrons. The van der Waals surface area contributed by atoms with Gasteiger partial charge in [-0.3, -0.25) is 0 Å². The van der Waals surface area contributed by atoms with E-state index in [4.69, 9.17) is 22.1 Å². The number of aliphatic imine (C=N–C) groups is 1.